The third kappa shape index (κ3) is 4.25. The first-order valence-electron chi connectivity index (χ1n) is 9.81. The van der Waals surface area contributed by atoms with E-state index in [0.29, 0.717) is 26.2 Å². The number of piperazine rings is 1. The molecule has 1 aliphatic heterocycles. The summed E-state index contributed by atoms with van der Waals surface area (Å²) in [4.78, 5) is 21.8. The quantitative estimate of drug-likeness (QED) is 0.449. The molecule has 1 fully saturated rings. The van der Waals surface area contributed by atoms with Crippen LogP contribution in [0.3, 0.4) is 0 Å². The molecule has 1 saturated heterocycles. The number of hydrogen-bond acceptors (Lipinski definition) is 6. The van der Waals surface area contributed by atoms with Gasteiger partial charge in [-0.25, -0.2) is 14.2 Å². The normalized spacial score (nSPS) is 15.1. The molecule has 0 radical (unpaired) electrons. The summed E-state index contributed by atoms with van der Waals surface area (Å²) < 4.78 is 21.5. The molecule has 0 saturated carbocycles. The fourth-order valence-electron chi connectivity index (χ4n) is 3.09. The highest BCUT2D eigenvalue weighted by molar-refractivity contribution is 14.1. The number of benzene rings is 1. The van der Waals surface area contributed by atoms with E-state index in [-0.39, 0.29) is 11.9 Å². The molecule has 1 amide bonds. The van der Waals surface area contributed by atoms with E-state index in [0.717, 1.165) is 31.5 Å². The molecule has 0 bridgehead atoms. The van der Waals surface area contributed by atoms with Crippen LogP contribution in [-0.4, -0.2) is 57.4 Å². The van der Waals surface area contributed by atoms with Crippen molar-refractivity contribution in [3.8, 4) is 11.3 Å². The van der Waals surface area contributed by atoms with E-state index in [2.05, 4.69) is 27.5 Å². The Balaban J connectivity index is 1.45. The van der Waals surface area contributed by atoms with Crippen molar-refractivity contribution in [1.29, 1.82) is 0 Å². The molecule has 0 atom stereocenters. The Hall–Kier alpha value is -1.95. The lowest BCUT2D eigenvalue weighted by Crippen LogP contribution is -2.50. The second-order valence-corrected chi connectivity index (χ2v) is 9.75. The van der Waals surface area contributed by atoms with Crippen LogP contribution in [0, 0.1) is 9.52 Å². The van der Waals surface area contributed by atoms with Crippen molar-refractivity contribution in [2.24, 2.45) is 0 Å². The number of aromatic nitrogens is 3. The molecule has 3 aromatic rings. The highest BCUT2D eigenvalue weighted by Gasteiger charge is 2.29. The van der Waals surface area contributed by atoms with Crippen molar-refractivity contribution in [1.82, 2.24) is 19.5 Å². The van der Waals surface area contributed by atoms with E-state index in [9.17, 15) is 9.18 Å². The second-order valence-electron chi connectivity index (χ2n) is 7.79. The monoisotopic (exact) mass is 543 g/mol. The van der Waals surface area contributed by atoms with E-state index in [1.165, 1.54) is 23.5 Å². The van der Waals surface area contributed by atoms with Crippen LogP contribution in [0.1, 0.15) is 27.2 Å². The van der Waals surface area contributed by atoms with Crippen molar-refractivity contribution < 1.29 is 13.9 Å². The summed E-state index contributed by atoms with van der Waals surface area (Å²) in [6.45, 7) is 8.44. The lowest BCUT2D eigenvalue weighted by Gasteiger charge is -2.35. The SMILES string of the molecule is CCC(C)(C)OC(=O)N1CCN(c2nn3c(I)c(-c4ccc(F)cc4)nc3s2)CC1. The van der Waals surface area contributed by atoms with Gasteiger partial charge in [-0.3, -0.25) is 0 Å². The zero-order valence-electron chi connectivity index (χ0n) is 17.1. The molecule has 0 aliphatic carbocycles. The van der Waals surface area contributed by atoms with Gasteiger partial charge in [0.05, 0.1) is 0 Å². The standard InChI is InChI=1S/C20H23FIN5O2S/c1-4-20(2,3)29-19(28)26-11-9-25(10-12-26)18-24-27-16(22)15(23-17(27)30-18)13-5-7-14(21)8-6-13/h5-8H,4,9-12H2,1-3H3. The average Bonchev–Trinajstić information content (AvgIpc) is 3.28. The Morgan fingerprint density at radius 1 is 1.23 bits per heavy atom. The number of carbonyl (C=O) groups is 1. The van der Waals surface area contributed by atoms with Crippen LogP contribution in [0.5, 0.6) is 0 Å². The van der Waals surface area contributed by atoms with Crippen molar-refractivity contribution in [3.63, 3.8) is 0 Å². The zero-order chi connectivity index (χ0) is 21.5. The molecule has 0 N–H and O–H groups in total. The minimum atomic E-state index is -0.451. The van der Waals surface area contributed by atoms with Crippen LogP contribution >= 0.6 is 33.9 Å². The molecule has 1 aliphatic rings. The van der Waals surface area contributed by atoms with E-state index >= 15 is 0 Å². The minimum Gasteiger partial charge on any atom is -0.443 e. The lowest BCUT2D eigenvalue weighted by atomic mass is 10.1. The summed E-state index contributed by atoms with van der Waals surface area (Å²) in [6, 6.07) is 6.32. The minimum absolute atomic E-state index is 0.256. The maximum atomic E-state index is 13.2. The number of carbonyl (C=O) groups excluding carboxylic acids is 1. The number of fused-ring (bicyclic) bond motifs is 1. The Bertz CT molecular complexity index is 1060. The summed E-state index contributed by atoms with van der Waals surface area (Å²) in [7, 11) is 0. The first kappa shape index (κ1) is 21.3. The number of anilines is 1. The topological polar surface area (TPSA) is 63.0 Å². The van der Waals surface area contributed by atoms with E-state index in [1.54, 1.807) is 17.0 Å². The first-order chi connectivity index (χ1) is 14.3. The molecule has 0 spiro atoms. The predicted molar refractivity (Wildman–Crippen MR) is 124 cm³/mol. The number of amides is 1. The molecule has 30 heavy (non-hydrogen) atoms. The molecular weight excluding hydrogens is 520 g/mol. The maximum absolute atomic E-state index is 13.2. The molecule has 0 unspecified atom stereocenters. The van der Waals surface area contributed by atoms with Crippen LogP contribution < -0.4 is 4.90 Å². The average molecular weight is 543 g/mol. The fourth-order valence-corrected chi connectivity index (χ4v) is 4.97. The van der Waals surface area contributed by atoms with Gasteiger partial charge in [-0.05, 0) is 67.1 Å². The highest BCUT2D eigenvalue weighted by Crippen LogP contribution is 2.31. The van der Waals surface area contributed by atoms with Crippen molar-refractivity contribution in [2.45, 2.75) is 32.8 Å². The lowest BCUT2D eigenvalue weighted by molar-refractivity contribution is 0.0106. The molecule has 2 aromatic heterocycles. The van der Waals surface area contributed by atoms with Crippen LogP contribution in [-0.2, 0) is 4.74 Å². The van der Waals surface area contributed by atoms with Crippen LogP contribution in [0.2, 0.25) is 0 Å². The van der Waals surface area contributed by atoms with Crippen molar-refractivity contribution in [3.05, 3.63) is 33.8 Å². The van der Waals surface area contributed by atoms with Gasteiger partial charge < -0.3 is 14.5 Å². The van der Waals surface area contributed by atoms with Crippen LogP contribution in [0.25, 0.3) is 16.2 Å². The zero-order valence-corrected chi connectivity index (χ0v) is 20.0. The summed E-state index contributed by atoms with van der Waals surface area (Å²) in [5, 5.41) is 5.60. The summed E-state index contributed by atoms with van der Waals surface area (Å²) in [6.07, 6.45) is 0.518. The van der Waals surface area contributed by atoms with E-state index in [1.807, 2.05) is 25.3 Å². The fraction of sp³-hybridized carbons (Fsp3) is 0.450. The van der Waals surface area contributed by atoms with E-state index < -0.39 is 5.60 Å². The largest absolute Gasteiger partial charge is 0.443 e. The summed E-state index contributed by atoms with van der Waals surface area (Å²) in [5.41, 5.74) is 1.21. The number of rotatable bonds is 4. The number of hydrogen-bond donors (Lipinski definition) is 0. The second kappa shape index (κ2) is 8.29. The van der Waals surface area contributed by atoms with Gasteiger partial charge in [0.25, 0.3) is 0 Å². The van der Waals surface area contributed by atoms with Gasteiger partial charge in [-0.2, -0.15) is 4.52 Å². The molecule has 1 aromatic carbocycles. The highest BCUT2D eigenvalue weighted by atomic mass is 127. The van der Waals surface area contributed by atoms with Gasteiger partial charge >= 0.3 is 6.09 Å². The Morgan fingerprint density at radius 2 is 1.90 bits per heavy atom. The van der Waals surface area contributed by atoms with Gasteiger partial charge in [0, 0.05) is 31.7 Å². The predicted octanol–water partition coefficient (Wildman–Crippen LogP) is 4.65. The van der Waals surface area contributed by atoms with Gasteiger partial charge in [0.15, 0.2) is 0 Å². The smallest absolute Gasteiger partial charge is 0.410 e. The number of nitrogens with zero attached hydrogens (tertiary/aromatic N) is 5. The van der Waals surface area contributed by atoms with E-state index in [4.69, 9.17) is 14.8 Å². The maximum Gasteiger partial charge on any atom is 0.410 e. The Kier molecular flexibility index (Phi) is 5.88. The molecular formula is C20H23FIN5O2S. The molecule has 160 valence electrons. The third-order valence-electron chi connectivity index (χ3n) is 5.28. The van der Waals surface area contributed by atoms with Crippen LogP contribution in [0.4, 0.5) is 14.3 Å². The summed E-state index contributed by atoms with van der Waals surface area (Å²) in [5.74, 6) is -0.267. The molecule has 3 heterocycles. The summed E-state index contributed by atoms with van der Waals surface area (Å²) >= 11 is 3.73. The van der Waals surface area contributed by atoms with Crippen molar-refractivity contribution in [2.75, 3.05) is 31.1 Å². The number of ether oxygens (including phenoxy) is 1. The van der Waals surface area contributed by atoms with Crippen molar-refractivity contribution >= 4 is 50.1 Å². The Morgan fingerprint density at radius 3 is 2.50 bits per heavy atom. The Labute approximate surface area is 192 Å². The molecule has 7 nitrogen and oxygen atoms in total. The van der Waals surface area contributed by atoms with Gasteiger partial charge in [0.2, 0.25) is 10.1 Å². The third-order valence-corrected chi connectivity index (χ3v) is 7.22. The van der Waals surface area contributed by atoms with Crippen LogP contribution in [0.15, 0.2) is 24.3 Å². The number of halogens is 2. The molecule has 10 heteroatoms. The van der Waals surface area contributed by atoms with Gasteiger partial charge in [-0.1, -0.05) is 18.3 Å². The van der Waals surface area contributed by atoms with Gasteiger partial charge in [-0.15, -0.1) is 5.10 Å². The first-order valence-corrected chi connectivity index (χ1v) is 11.7. The molecule has 4 rings (SSSR count). The number of imidazole rings is 1. The van der Waals surface area contributed by atoms with Gasteiger partial charge in [0.1, 0.15) is 20.8 Å².